The SMILES string of the molecule is CC1CCCCC1(C)c1[c]cccc1. The maximum absolute atomic E-state index is 3.41. The van der Waals surface area contributed by atoms with Crippen LogP contribution in [0.3, 0.4) is 0 Å². The van der Waals surface area contributed by atoms with Crippen LogP contribution in [0.1, 0.15) is 45.1 Å². The van der Waals surface area contributed by atoms with Gasteiger partial charge in [0, 0.05) is 0 Å². The average Bonchev–Trinajstić information content (AvgIpc) is 2.24. The largest absolute Gasteiger partial charge is 0.0619 e. The van der Waals surface area contributed by atoms with Gasteiger partial charge < -0.3 is 0 Å². The number of rotatable bonds is 1. The van der Waals surface area contributed by atoms with Gasteiger partial charge in [-0.2, -0.15) is 0 Å². The molecule has 0 amide bonds. The Labute approximate surface area is 87.3 Å². The summed E-state index contributed by atoms with van der Waals surface area (Å²) in [6.45, 7) is 4.79. The molecular formula is C14H19. The Morgan fingerprint density at radius 2 is 2.21 bits per heavy atom. The van der Waals surface area contributed by atoms with E-state index in [1.54, 1.807) is 0 Å². The Kier molecular flexibility index (Phi) is 2.62. The molecule has 1 aliphatic rings. The topological polar surface area (TPSA) is 0 Å². The van der Waals surface area contributed by atoms with Crippen molar-refractivity contribution in [3.8, 4) is 0 Å². The first-order chi connectivity index (χ1) is 6.73. The van der Waals surface area contributed by atoms with Crippen LogP contribution in [0, 0.1) is 12.0 Å². The van der Waals surface area contributed by atoms with Gasteiger partial charge in [0.05, 0.1) is 0 Å². The summed E-state index contributed by atoms with van der Waals surface area (Å²) in [6.07, 6.45) is 5.49. The van der Waals surface area contributed by atoms with E-state index >= 15 is 0 Å². The van der Waals surface area contributed by atoms with Crippen LogP contribution >= 0.6 is 0 Å². The molecule has 0 N–H and O–H groups in total. The van der Waals surface area contributed by atoms with Crippen LogP contribution in [-0.2, 0) is 5.41 Å². The lowest BCUT2D eigenvalue weighted by Crippen LogP contribution is -2.33. The Hall–Kier alpha value is -0.780. The van der Waals surface area contributed by atoms with Crippen LogP contribution in [0.2, 0.25) is 0 Å². The normalized spacial score (nSPS) is 32.9. The van der Waals surface area contributed by atoms with Crippen molar-refractivity contribution in [2.24, 2.45) is 5.92 Å². The molecule has 1 saturated carbocycles. The highest BCUT2D eigenvalue weighted by Gasteiger charge is 2.34. The molecule has 0 heterocycles. The van der Waals surface area contributed by atoms with Crippen molar-refractivity contribution < 1.29 is 0 Å². The van der Waals surface area contributed by atoms with Gasteiger partial charge in [-0.3, -0.25) is 0 Å². The van der Waals surface area contributed by atoms with E-state index in [0.29, 0.717) is 5.41 Å². The highest BCUT2D eigenvalue weighted by Crippen LogP contribution is 2.42. The standard InChI is InChI=1S/C14H19/c1-12-8-6-7-11-14(12,2)13-9-4-3-5-10-13/h3-5,9,12H,6-8,11H2,1-2H3. The van der Waals surface area contributed by atoms with Gasteiger partial charge >= 0.3 is 0 Å². The minimum atomic E-state index is 0.375. The Morgan fingerprint density at radius 1 is 1.36 bits per heavy atom. The molecule has 2 unspecified atom stereocenters. The summed E-state index contributed by atoms with van der Waals surface area (Å²) in [7, 11) is 0. The molecule has 0 spiro atoms. The highest BCUT2D eigenvalue weighted by molar-refractivity contribution is 5.24. The van der Waals surface area contributed by atoms with Gasteiger partial charge in [0.25, 0.3) is 0 Å². The zero-order chi connectivity index (χ0) is 10.0. The average molecular weight is 187 g/mol. The number of hydrogen-bond acceptors (Lipinski definition) is 0. The highest BCUT2D eigenvalue weighted by atomic mass is 14.4. The van der Waals surface area contributed by atoms with Gasteiger partial charge in [-0.25, -0.2) is 0 Å². The second-order valence-electron chi connectivity index (χ2n) is 4.84. The number of hydrogen-bond donors (Lipinski definition) is 0. The Morgan fingerprint density at radius 3 is 2.86 bits per heavy atom. The van der Waals surface area contributed by atoms with Crippen molar-refractivity contribution in [3.05, 3.63) is 35.9 Å². The van der Waals surface area contributed by atoms with Crippen molar-refractivity contribution >= 4 is 0 Å². The van der Waals surface area contributed by atoms with Gasteiger partial charge in [-0.15, -0.1) is 0 Å². The molecule has 2 atom stereocenters. The summed E-state index contributed by atoms with van der Waals surface area (Å²) in [5.41, 5.74) is 1.78. The molecule has 0 nitrogen and oxygen atoms in total. The molecule has 1 radical (unpaired) electrons. The number of benzene rings is 1. The van der Waals surface area contributed by atoms with Crippen molar-refractivity contribution in [2.45, 2.75) is 44.9 Å². The third-order valence-corrected chi connectivity index (χ3v) is 4.00. The van der Waals surface area contributed by atoms with E-state index < -0.39 is 0 Å². The molecule has 2 rings (SSSR count). The lowest BCUT2D eigenvalue weighted by atomic mass is 9.64. The van der Waals surface area contributed by atoms with Crippen LogP contribution in [0.5, 0.6) is 0 Å². The van der Waals surface area contributed by atoms with Gasteiger partial charge in [-0.1, -0.05) is 51.0 Å². The fraction of sp³-hybridized carbons (Fsp3) is 0.571. The van der Waals surface area contributed by atoms with Crippen LogP contribution in [0.25, 0.3) is 0 Å². The summed E-state index contributed by atoms with van der Waals surface area (Å²) in [4.78, 5) is 0. The quantitative estimate of drug-likeness (QED) is 0.624. The smallest absolute Gasteiger partial charge is 0.00435 e. The molecule has 1 aromatic rings. The van der Waals surface area contributed by atoms with Gasteiger partial charge in [-0.05, 0) is 35.8 Å². The van der Waals surface area contributed by atoms with Gasteiger partial charge in [0.15, 0.2) is 0 Å². The monoisotopic (exact) mass is 187 g/mol. The zero-order valence-corrected chi connectivity index (χ0v) is 9.22. The van der Waals surface area contributed by atoms with Crippen LogP contribution in [-0.4, -0.2) is 0 Å². The predicted molar refractivity (Wildman–Crippen MR) is 60.3 cm³/mol. The molecule has 1 fully saturated rings. The van der Waals surface area contributed by atoms with E-state index in [1.807, 2.05) is 6.07 Å². The molecule has 0 bridgehead atoms. The van der Waals surface area contributed by atoms with Gasteiger partial charge in [0.1, 0.15) is 0 Å². The summed E-state index contributed by atoms with van der Waals surface area (Å²) >= 11 is 0. The third-order valence-electron chi connectivity index (χ3n) is 4.00. The Bertz CT molecular complexity index is 288. The molecule has 1 aliphatic carbocycles. The second-order valence-corrected chi connectivity index (χ2v) is 4.84. The molecule has 1 aromatic carbocycles. The molecule has 14 heavy (non-hydrogen) atoms. The summed E-state index contributed by atoms with van der Waals surface area (Å²) < 4.78 is 0. The molecule has 75 valence electrons. The van der Waals surface area contributed by atoms with E-state index in [4.69, 9.17) is 0 Å². The van der Waals surface area contributed by atoms with E-state index in [0.717, 1.165) is 5.92 Å². The van der Waals surface area contributed by atoms with Crippen LogP contribution < -0.4 is 0 Å². The minimum absolute atomic E-state index is 0.375. The second kappa shape index (κ2) is 3.76. The van der Waals surface area contributed by atoms with Crippen molar-refractivity contribution in [1.82, 2.24) is 0 Å². The van der Waals surface area contributed by atoms with Crippen LogP contribution in [0.15, 0.2) is 24.3 Å². The molecular weight excluding hydrogens is 168 g/mol. The molecule has 0 aliphatic heterocycles. The van der Waals surface area contributed by atoms with E-state index in [1.165, 1.54) is 31.2 Å². The fourth-order valence-corrected chi connectivity index (χ4v) is 2.66. The molecule has 0 heteroatoms. The molecule has 0 saturated heterocycles. The summed E-state index contributed by atoms with van der Waals surface area (Å²) in [5.74, 6) is 0.801. The minimum Gasteiger partial charge on any atom is -0.0619 e. The Balaban J connectivity index is 2.30. The first kappa shape index (κ1) is 9.76. The maximum Gasteiger partial charge on any atom is -0.00435 e. The van der Waals surface area contributed by atoms with Gasteiger partial charge in [0.2, 0.25) is 0 Å². The summed E-state index contributed by atoms with van der Waals surface area (Å²) in [5, 5.41) is 0. The van der Waals surface area contributed by atoms with Crippen molar-refractivity contribution in [1.29, 1.82) is 0 Å². The lowest BCUT2D eigenvalue weighted by molar-refractivity contribution is 0.221. The maximum atomic E-state index is 3.41. The van der Waals surface area contributed by atoms with E-state index in [2.05, 4.69) is 38.1 Å². The first-order valence-electron chi connectivity index (χ1n) is 5.71. The van der Waals surface area contributed by atoms with E-state index in [9.17, 15) is 0 Å². The molecule has 0 aromatic heterocycles. The first-order valence-corrected chi connectivity index (χ1v) is 5.71. The lowest BCUT2D eigenvalue weighted by Gasteiger charge is -2.40. The van der Waals surface area contributed by atoms with E-state index in [-0.39, 0.29) is 0 Å². The van der Waals surface area contributed by atoms with Crippen LogP contribution in [0.4, 0.5) is 0 Å². The summed E-state index contributed by atoms with van der Waals surface area (Å²) in [6, 6.07) is 11.9. The zero-order valence-electron chi connectivity index (χ0n) is 9.22. The van der Waals surface area contributed by atoms with Crippen molar-refractivity contribution in [2.75, 3.05) is 0 Å². The van der Waals surface area contributed by atoms with Crippen molar-refractivity contribution in [3.63, 3.8) is 0 Å². The fourth-order valence-electron chi connectivity index (χ4n) is 2.66. The predicted octanol–water partition coefficient (Wildman–Crippen LogP) is 3.95. The third kappa shape index (κ3) is 1.58.